The number of rotatable bonds is 4. The maximum Gasteiger partial charge on any atom is 0.140 e. The quantitative estimate of drug-likeness (QED) is 0.896. The van der Waals surface area contributed by atoms with Crippen LogP contribution in [0.4, 0.5) is 0 Å². The molecular formula is C15H22N4. The van der Waals surface area contributed by atoms with Crippen LogP contribution in [-0.2, 0) is 6.54 Å². The lowest BCUT2D eigenvalue weighted by molar-refractivity contribution is 0.170. The van der Waals surface area contributed by atoms with E-state index in [9.17, 15) is 0 Å². The molecule has 4 heteroatoms. The summed E-state index contributed by atoms with van der Waals surface area (Å²) in [6.07, 6.45) is 6.73. The second-order valence-corrected chi connectivity index (χ2v) is 5.37. The molecule has 0 saturated heterocycles. The lowest BCUT2D eigenvalue weighted by atomic mass is 9.90. The summed E-state index contributed by atoms with van der Waals surface area (Å²) in [6.45, 7) is 0.895. The summed E-state index contributed by atoms with van der Waals surface area (Å²) in [5.41, 5.74) is 1.68. The number of nitriles is 1. The molecule has 19 heavy (non-hydrogen) atoms. The molecule has 0 bridgehead atoms. The van der Waals surface area contributed by atoms with Crippen molar-refractivity contribution >= 4 is 0 Å². The molecule has 102 valence electrons. The van der Waals surface area contributed by atoms with Crippen LogP contribution in [0.5, 0.6) is 0 Å². The second kappa shape index (κ2) is 6.65. The van der Waals surface area contributed by atoms with Crippen molar-refractivity contribution in [1.82, 2.24) is 15.2 Å². The molecule has 1 aliphatic carbocycles. The van der Waals surface area contributed by atoms with Gasteiger partial charge in [-0.3, -0.25) is 4.90 Å². The van der Waals surface area contributed by atoms with Gasteiger partial charge in [0.1, 0.15) is 11.8 Å². The smallest absolute Gasteiger partial charge is 0.140 e. The fourth-order valence-electron chi connectivity index (χ4n) is 2.86. The van der Waals surface area contributed by atoms with Crippen LogP contribution in [0.25, 0.3) is 0 Å². The Morgan fingerprint density at radius 1 is 1.42 bits per heavy atom. The first-order valence-corrected chi connectivity index (χ1v) is 6.95. The summed E-state index contributed by atoms with van der Waals surface area (Å²) in [4.78, 5) is 6.42. The van der Waals surface area contributed by atoms with Crippen LogP contribution in [0.1, 0.15) is 36.9 Å². The lowest BCUT2D eigenvalue weighted by Gasteiger charge is -2.34. The topological polar surface area (TPSA) is 52.0 Å². The van der Waals surface area contributed by atoms with E-state index in [0.29, 0.717) is 17.8 Å². The molecule has 0 spiro atoms. The van der Waals surface area contributed by atoms with Gasteiger partial charge in [-0.1, -0.05) is 0 Å². The summed E-state index contributed by atoms with van der Waals surface area (Å²) in [6, 6.07) is 7.32. The SMILES string of the molecule is CNC1CCC(N(C)Cc2ccnc(C#N)c2)CC1. The van der Waals surface area contributed by atoms with Gasteiger partial charge in [0.15, 0.2) is 0 Å². The molecular weight excluding hydrogens is 236 g/mol. The third kappa shape index (κ3) is 3.76. The number of hydrogen-bond acceptors (Lipinski definition) is 4. The summed E-state index contributed by atoms with van der Waals surface area (Å²) < 4.78 is 0. The molecule has 1 saturated carbocycles. The first-order chi connectivity index (χ1) is 9.22. The Balaban J connectivity index is 1.90. The minimum Gasteiger partial charge on any atom is -0.317 e. The van der Waals surface area contributed by atoms with Crippen LogP contribution in [0.3, 0.4) is 0 Å². The highest BCUT2D eigenvalue weighted by molar-refractivity contribution is 5.25. The first-order valence-electron chi connectivity index (χ1n) is 6.95. The molecule has 1 heterocycles. The molecule has 1 aromatic heterocycles. The average Bonchev–Trinajstić information content (AvgIpc) is 2.47. The summed E-state index contributed by atoms with van der Waals surface area (Å²) >= 11 is 0. The van der Waals surface area contributed by atoms with Gasteiger partial charge in [0.05, 0.1) is 0 Å². The van der Waals surface area contributed by atoms with Crippen molar-refractivity contribution in [3.05, 3.63) is 29.6 Å². The molecule has 1 aromatic rings. The van der Waals surface area contributed by atoms with Crippen LogP contribution in [0, 0.1) is 11.3 Å². The monoisotopic (exact) mass is 258 g/mol. The van der Waals surface area contributed by atoms with Gasteiger partial charge in [-0.2, -0.15) is 5.26 Å². The molecule has 4 nitrogen and oxygen atoms in total. The normalized spacial score (nSPS) is 23.3. The molecule has 2 rings (SSSR count). The molecule has 1 N–H and O–H groups in total. The zero-order chi connectivity index (χ0) is 13.7. The second-order valence-electron chi connectivity index (χ2n) is 5.37. The molecule has 0 amide bonds. The van der Waals surface area contributed by atoms with E-state index in [-0.39, 0.29) is 0 Å². The fraction of sp³-hybridized carbons (Fsp3) is 0.600. The number of nitrogens with one attached hydrogen (secondary N) is 1. The third-order valence-corrected chi connectivity index (χ3v) is 4.10. The zero-order valence-electron chi connectivity index (χ0n) is 11.8. The van der Waals surface area contributed by atoms with Gasteiger partial charge < -0.3 is 5.32 Å². The van der Waals surface area contributed by atoms with Crippen LogP contribution in [0.15, 0.2) is 18.3 Å². The largest absolute Gasteiger partial charge is 0.317 e. The van der Waals surface area contributed by atoms with Crippen molar-refractivity contribution in [1.29, 1.82) is 5.26 Å². The molecule has 0 atom stereocenters. The van der Waals surface area contributed by atoms with E-state index in [4.69, 9.17) is 5.26 Å². The van der Waals surface area contributed by atoms with Gasteiger partial charge in [-0.15, -0.1) is 0 Å². The maximum absolute atomic E-state index is 8.87. The van der Waals surface area contributed by atoms with Gasteiger partial charge in [0.2, 0.25) is 0 Å². The molecule has 0 aromatic carbocycles. The molecule has 0 radical (unpaired) electrons. The van der Waals surface area contributed by atoms with Gasteiger partial charge in [-0.05, 0) is 57.5 Å². The molecule has 0 unspecified atom stereocenters. The highest BCUT2D eigenvalue weighted by Gasteiger charge is 2.22. The zero-order valence-corrected chi connectivity index (χ0v) is 11.8. The van der Waals surface area contributed by atoms with E-state index >= 15 is 0 Å². The Bertz CT molecular complexity index is 444. The Hall–Kier alpha value is -1.44. The van der Waals surface area contributed by atoms with E-state index in [0.717, 1.165) is 6.54 Å². The molecule has 1 aliphatic rings. The standard InChI is InChI=1S/C15H22N4/c1-17-13-3-5-15(6-4-13)19(2)11-12-7-8-18-14(9-12)10-16/h7-9,13,15,17H,3-6,11H2,1-2H3. The van der Waals surface area contributed by atoms with Gasteiger partial charge in [0, 0.05) is 24.8 Å². The highest BCUT2D eigenvalue weighted by atomic mass is 15.1. The summed E-state index contributed by atoms with van der Waals surface area (Å²) in [7, 11) is 4.23. The van der Waals surface area contributed by atoms with E-state index < -0.39 is 0 Å². The van der Waals surface area contributed by atoms with E-state index in [1.54, 1.807) is 6.20 Å². The van der Waals surface area contributed by atoms with Crippen LogP contribution < -0.4 is 5.32 Å². The van der Waals surface area contributed by atoms with E-state index in [1.807, 2.05) is 12.1 Å². The van der Waals surface area contributed by atoms with Crippen molar-refractivity contribution in [2.45, 2.75) is 44.3 Å². The van der Waals surface area contributed by atoms with Crippen LogP contribution >= 0.6 is 0 Å². The summed E-state index contributed by atoms with van der Waals surface area (Å²) in [5, 5.41) is 12.2. The van der Waals surface area contributed by atoms with Crippen LogP contribution in [-0.4, -0.2) is 36.1 Å². The van der Waals surface area contributed by atoms with Crippen molar-refractivity contribution in [3.63, 3.8) is 0 Å². The third-order valence-electron chi connectivity index (χ3n) is 4.10. The Labute approximate surface area is 115 Å². The average molecular weight is 258 g/mol. The lowest BCUT2D eigenvalue weighted by Crippen LogP contribution is -2.39. The minimum atomic E-state index is 0.504. The number of nitrogens with zero attached hydrogens (tertiary/aromatic N) is 3. The van der Waals surface area contributed by atoms with Crippen molar-refractivity contribution in [3.8, 4) is 6.07 Å². The Morgan fingerprint density at radius 3 is 2.79 bits per heavy atom. The minimum absolute atomic E-state index is 0.504. The molecule has 0 aliphatic heterocycles. The van der Waals surface area contributed by atoms with Gasteiger partial charge in [-0.25, -0.2) is 4.98 Å². The van der Waals surface area contributed by atoms with Crippen molar-refractivity contribution < 1.29 is 0 Å². The van der Waals surface area contributed by atoms with Gasteiger partial charge >= 0.3 is 0 Å². The van der Waals surface area contributed by atoms with E-state index in [1.165, 1.54) is 31.2 Å². The number of hydrogen-bond donors (Lipinski definition) is 1. The Morgan fingerprint density at radius 2 is 2.16 bits per heavy atom. The van der Waals surface area contributed by atoms with Crippen molar-refractivity contribution in [2.24, 2.45) is 0 Å². The first kappa shape index (κ1) is 14.0. The predicted molar refractivity (Wildman–Crippen MR) is 75.5 cm³/mol. The fourth-order valence-corrected chi connectivity index (χ4v) is 2.86. The van der Waals surface area contributed by atoms with E-state index in [2.05, 4.69) is 35.4 Å². The van der Waals surface area contributed by atoms with Crippen molar-refractivity contribution in [2.75, 3.05) is 14.1 Å². The molecule has 1 fully saturated rings. The highest BCUT2D eigenvalue weighted by Crippen LogP contribution is 2.23. The number of pyridine rings is 1. The number of aromatic nitrogens is 1. The van der Waals surface area contributed by atoms with Crippen LogP contribution in [0.2, 0.25) is 0 Å². The maximum atomic E-state index is 8.87. The van der Waals surface area contributed by atoms with Gasteiger partial charge in [0.25, 0.3) is 0 Å². The summed E-state index contributed by atoms with van der Waals surface area (Å²) in [5.74, 6) is 0. The predicted octanol–water partition coefficient (Wildman–Crippen LogP) is 1.92. The Kier molecular flexibility index (Phi) is 4.89.